The number of carbonyl (C=O) groups excluding carboxylic acids is 2. The molecule has 0 aliphatic rings. The summed E-state index contributed by atoms with van der Waals surface area (Å²) in [6.07, 6.45) is 0. The van der Waals surface area contributed by atoms with Crippen molar-refractivity contribution in [3.63, 3.8) is 0 Å². The van der Waals surface area contributed by atoms with Gasteiger partial charge in [-0.3, -0.25) is 9.59 Å². The van der Waals surface area contributed by atoms with Gasteiger partial charge in [0.2, 0.25) is 0 Å². The number of anilines is 1. The number of nitrogens with one attached hydrogen (secondary N) is 1. The lowest BCUT2D eigenvalue weighted by Crippen LogP contribution is -2.42. The number of nitrogens with zero attached hydrogens (tertiary/aromatic N) is 1. The first-order valence-electron chi connectivity index (χ1n) is 5.76. The Hall–Kier alpha value is -1.34. The molecule has 8 heteroatoms. The molecule has 1 aromatic carbocycles. The highest BCUT2D eigenvalue weighted by molar-refractivity contribution is 6.42. The molecule has 0 bridgehead atoms. The van der Waals surface area contributed by atoms with Gasteiger partial charge in [-0.05, 0) is 18.2 Å². The Kier molecular flexibility index (Phi) is 6.74. The van der Waals surface area contributed by atoms with Crippen LogP contribution in [0.15, 0.2) is 18.2 Å². The lowest BCUT2D eigenvalue weighted by atomic mass is 10.3. The van der Waals surface area contributed by atoms with E-state index in [9.17, 15) is 9.59 Å². The minimum atomic E-state index is -0.906. The first-order chi connectivity index (χ1) is 9.49. The summed E-state index contributed by atoms with van der Waals surface area (Å²) in [6.45, 7) is -0.691. The van der Waals surface area contributed by atoms with E-state index in [0.717, 1.165) is 4.90 Å². The largest absolute Gasteiger partial charge is 0.395 e. The fourth-order valence-electron chi connectivity index (χ4n) is 1.47. The van der Waals surface area contributed by atoms with Crippen LogP contribution in [0.25, 0.3) is 0 Å². The predicted molar refractivity (Wildman–Crippen MR) is 75.8 cm³/mol. The van der Waals surface area contributed by atoms with Crippen molar-refractivity contribution in [2.45, 2.75) is 0 Å². The number of aliphatic hydroxyl groups is 2. The van der Waals surface area contributed by atoms with Gasteiger partial charge in [0.15, 0.2) is 0 Å². The highest BCUT2D eigenvalue weighted by atomic mass is 35.5. The molecule has 1 aromatic rings. The van der Waals surface area contributed by atoms with Crippen molar-refractivity contribution in [2.24, 2.45) is 0 Å². The zero-order valence-corrected chi connectivity index (χ0v) is 12.0. The Morgan fingerprint density at radius 3 is 2.25 bits per heavy atom. The summed E-state index contributed by atoms with van der Waals surface area (Å²) in [4.78, 5) is 24.7. The second kappa shape index (κ2) is 8.06. The van der Waals surface area contributed by atoms with E-state index in [2.05, 4.69) is 5.32 Å². The SMILES string of the molecule is O=C(Nc1ccc(Cl)cc1Cl)C(=O)N(CCO)CCO. The van der Waals surface area contributed by atoms with E-state index in [-0.39, 0.29) is 37.0 Å². The number of hydrogen-bond donors (Lipinski definition) is 3. The molecule has 0 saturated carbocycles. The van der Waals surface area contributed by atoms with Crippen molar-refractivity contribution >= 4 is 40.7 Å². The first-order valence-corrected chi connectivity index (χ1v) is 6.52. The molecular weight excluding hydrogens is 307 g/mol. The van der Waals surface area contributed by atoms with Gasteiger partial charge in [-0.25, -0.2) is 0 Å². The summed E-state index contributed by atoms with van der Waals surface area (Å²) in [7, 11) is 0. The van der Waals surface area contributed by atoms with Crippen LogP contribution < -0.4 is 5.32 Å². The monoisotopic (exact) mass is 320 g/mol. The van der Waals surface area contributed by atoms with Crippen LogP contribution in [0.4, 0.5) is 5.69 Å². The third-order valence-corrected chi connectivity index (χ3v) is 2.95. The lowest BCUT2D eigenvalue weighted by molar-refractivity contribution is -0.143. The summed E-state index contributed by atoms with van der Waals surface area (Å²) in [6, 6.07) is 4.42. The topological polar surface area (TPSA) is 89.9 Å². The molecule has 2 amide bonds. The van der Waals surface area contributed by atoms with Crippen LogP contribution in [0.1, 0.15) is 0 Å². The third kappa shape index (κ3) is 4.64. The molecule has 0 atom stereocenters. The summed E-state index contributed by atoms with van der Waals surface area (Å²) in [5, 5.41) is 20.6. The Balaban J connectivity index is 2.76. The standard InChI is InChI=1S/C12H14Cl2N2O4/c13-8-1-2-10(9(14)7-8)15-11(19)12(20)16(3-5-17)4-6-18/h1-2,7,17-18H,3-6H2,(H,15,19). The van der Waals surface area contributed by atoms with Crippen LogP contribution in [0.2, 0.25) is 10.0 Å². The van der Waals surface area contributed by atoms with Gasteiger partial charge < -0.3 is 20.4 Å². The van der Waals surface area contributed by atoms with Gasteiger partial charge >= 0.3 is 11.8 Å². The zero-order valence-electron chi connectivity index (χ0n) is 10.5. The van der Waals surface area contributed by atoms with Crippen molar-refractivity contribution in [3.8, 4) is 0 Å². The summed E-state index contributed by atoms with van der Waals surface area (Å²) < 4.78 is 0. The Labute approximate surface area is 125 Å². The van der Waals surface area contributed by atoms with Gasteiger partial charge in [0.1, 0.15) is 0 Å². The van der Waals surface area contributed by atoms with Crippen LogP contribution in [0, 0.1) is 0 Å². The maximum absolute atomic E-state index is 11.8. The first kappa shape index (κ1) is 16.7. The summed E-state index contributed by atoms with van der Waals surface area (Å²) in [5.74, 6) is -1.77. The predicted octanol–water partition coefficient (Wildman–Crippen LogP) is 0.745. The number of amides is 2. The van der Waals surface area contributed by atoms with Gasteiger partial charge in [-0.1, -0.05) is 23.2 Å². The molecule has 3 N–H and O–H groups in total. The van der Waals surface area contributed by atoms with Gasteiger partial charge in [0, 0.05) is 18.1 Å². The molecule has 0 aliphatic heterocycles. The van der Waals surface area contributed by atoms with E-state index in [1.807, 2.05) is 0 Å². The average molecular weight is 321 g/mol. The quantitative estimate of drug-likeness (QED) is 0.698. The number of benzene rings is 1. The molecular formula is C12H14Cl2N2O4. The van der Waals surface area contributed by atoms with Crippen LogP contribution in [0.3, 0.4) is 0 Å². The van der Waals surface area contributed by atoms with Gasteiger partial charge in [0.25, 0.3) is 0 Å². The molecule has 0 heterocycles. The van der Waals surface area contributed by atoms with E-state index >= 15 is 0 Å². The average Bonchev–Trinajstić information content (AvgIpc) is 2.40. The van der Waals surface area contributed by atoms with E-state index in [1.54, 1.807) is 0 Å². The molecule has 20 heavy (non-hydrogen) atoms. The van der Waals surface area contributed by atoms with E-state index < -0.39 is 11.8 Å². The van der Waals surface area contributed by atoms with E-state index in [4.69, 9.17) is 33.4 Å². The minimum absolute atomic E-state index is 0.0405. The molecule has 0 fully saturated rings. The molecule has 6 nitrogen and oxygen atoms in total. The second-order valence-electron chi connectivity index (χ2n) is 3.82. The number of hydrogen-bond acceptors (Lipinski definition) is 4. The normalized spacial score (nSPS) is 10.2. The molecule has 0 unspecified atom stereocenters. The molecule has 110 valence electrons. The second-order valence-corrected chi connectivity index (χ2v) is 4.66. The summed E-state index contributed by atoms with van der Waals surface area (Å²) in [5.41, 5.74) is 0.252. The maximum Gasteiger partial charge on any atom is 0.313 e. The smallest absolute Gasteiger partial charge is 0.313 e. The fourth-order valence-corrected chi connectivity index (χ4v) is 1.92. The van der Waals surface area contributed by atoms with Crippen molar-refractivity contribution in [1.82, 2.24) is 4.90 Å². The fraction of sp³-hybridized carbons (Fsp3) is 0.333. The minimum Gasteiger partial charge on any atom is -0.395 e. The lowest BCUT2D eigenvalue weighted by Gasteiger charge is -2.20. The highest BCUT2D eigenvalue weighted by Gasteiger charge is 2.21. The Morgan fingerprint density at radius 2 is 1.75 bits per heavy atom. The van der Waals surface area contributed by atoms with Crippen LogP contribution in [0.5, 0.6) is 0 Å². The van der Waals surface area contributed by atoms with E-state index in [0.29, 0.717) is 5.02 Å². The van der Waals surface area contributed by atoms with Crippen molar-refractivity contribution < 1.29 is 19.8 Å². The van der Waals surface area contributed by atoms with E-state index in [1.165, 1.54) is 18.2 Å². The van der Waals surface area contributed by atoms with Gasteiger partial charge in [-0.15, -0.1) is 0 Å². The Morgan fingerprint density at radius 1 is 1.15 bits per heavy atom. The molecule has 0 aromatic heterocycles. The van der Waals surface area contributed by atoms with Crippen molar-refractivity contribution in [2.75, 3.05) is 31.6 Å². The number of carbonyl (C=O) groups is 2. The molecule has 0 radical (unpaired) electrons. The summed E-state index contributed by atoms with van der Waals surface area (Å²) >= 11 is 11.6. The van der Waals surface area contributed by atoms with Crippen LogP contribution in [-0.2, 0) is 9.59 Å². The molecule has 0 spiro atoms. The third-order valence-electron chi connectivity index (χ3n) is 2.40. The molecule has 1 rings (SSSR count). The van der Waals surface area contributed by atoms with Gasteiger partial charge in [-0.2, -0.15) is 0 Å². The number of aliphatic hydroxyl groups excluding tert-OH is 2. The van der Waals surface area contributed by atoms with Crippen molar-refractivity contribution in [1.29, 1.82) is 0 Å². The number of halogens is 2. The maximum atomic E-state index is 11.8. The van der Waals surface area contributed by atoms with Crippen molar-refractivity contribution in [3.05, 3.63) is 28.2 Å². The highest BCUT2D eigenvalue weighted by Crippen LogP contribution is 2.25. The zero-order chi connectivity index (χ0) is 15.1. The molecule has 0 saturated heterocycles. The number of rotatable bonds is 5. The molecule has 0 aliphatic carbocycles. The van der Waals surface area contributed by atoms with Crippen LogP contribution >= 0.6 is 23.2 Å². The van der Waals surface area contributed by atoms with Crippen LogP contribution in [-0.4, -0.2) is 53.2 Å². The van der Waals surface area contributed by atoms with Gasteiger partial charge in [0.05, 0.1) is 23.9 Å². The Bertz CT molecular complexity index is 490.